The molecular weight excluding hydrogens is 251 g/mol. The Hall–Kier alpha value is 2.61. The fourth-order valence-electron chi connectivity index (χ4n) is 0. The van der Waals surface area contributed by atoms with Crippen molar-refractivity contribution >= 4 is 81.0 Å². The first-order valence-corrected chi connectivity index (χ1v) is 0. The molecule has 0 N–H and O–H groups in total. The van der Waals surface area contributed by atoms with Crippen LogP contribution in [0.15, 0.2) is 0 Å². The molecule has 0 saturated heterocycles. The van der Waals surface area contributed by atoms with Crippen LogP contribution in [0, 0.1) is 0 Å². The molecule has 0 aromatic heterocycles. The third-order valence-corrected chi connectivity index (χ3v) is 0. The van der Waals surface area contributed by atoms with E-state index in [1.54, 1.807) is 0 Å². The van der Waals surface area contributed by atoms with Crippen molar-refractivity contribution in [3.05, 3.63) is 0 Å². The molecule has 0 aromatic carbocycles. The second-order valence-electron chi connectivity index (χ2n) is 0. The Balaban J connectivity index is 0. The maximum atomic E-state index is 0. The number of thiol groups is 6. The van der Waals surface area contributed by atoms with Gasteiger partial charge in [0.1, 0.15) is 0 Å². The summed E-state index contributed by atoms with van der Waals surface area (Å²) in [6.07, 6.45) is 0. The standard InChI is InChI=1S/Co.6H2S/h;6*1H2/p-6. The first-order valence-electron chi connectivity index (χ1n) is 0. The molecule has 0 aliphatic rings. The second kappa shape index (κ2) is 73.3. The fraction of sp³-hybridized carbons (Fsp3) is 0. The van der Waals surface area contributed by atoms with Gasteiger partial charge in [-0.15, -0.1) is 0 Å². The van der Waals surface area contributed by atoms with E-state index in [-0.39, 0.29) is 97.8 Å². The van der Waals surface area contributed by atoms with E-state index in [9.17, 15) is 0 Å². The van der Waals surface area contributed by atoms with Gasteiger partial charge in [-0.3, -0.25) is 0 Å². The molecule has 1 radical (unpaired) electrons. The van der Waals surface area contributed by atoms with E-state index < -0.39 is 0 Å². The van der Waals surface area contributed by atoms with Gasteiger partial charge in [-0.2, -0.15) is 0 Å². The Bertz CT molecular complexity index is 4.14. The summed E-state index contributed by atoms with van der Waals surface area (Å²) in [7, 11) is 0. The Morgan fingerprint density at radius 1 is 0.286 bits per heavy atom. The van der Waals surface area contributed by atoms with Crippen molar-refractivity contribution in [3.8, 4) is 0 Å². The average molecular weight is 257 g/mol. The molecule has 0 spiro atoms. The zero-order valence-corrected chi connectivity index (χ0v) is 9.42. The molecule has 0 fully saturated rings. The quantitative estimate of drug-likeness (QED) is 0.375. The Labute approximate surface area is 96.8 Å². The molecule has 57 valence electrons. The van der Waals surface area contributed by atoms with Gasteiger partial charge >= 0.3 is 0 Å². The summed E-state index contributed by atoms with van der Waals surface area (Å²) in [5.74, 6) is 0. The molecular formula is H6CoS6-6. The van der Waals surface area contributed by atoms with Crippen LogP contribution in [0.3, 0.4) is 0 Å². The van der Waals surface area contributed by atoms with Crippen LogP contribution < -0.4 is 0 Å². The van der Waals surface area contributed by atoms with Crippen LogP contribution in [-0.2, 0) is 97.8 Å². The minimum atomic E-state index is 0. The molecule has 0 aromatic rings. The van der Waals surface area contributed by atoms with Crippen molar-refractivity contribution in [3.63, 3.8) is 0 Å². The summed E-state index contributed by atoms with van der Waals surface area (Å²) in [6, 6.07) is 0. The number of hydrogen-bond acceptors (Lipinski definition) is 6. The van der Waals surface area contributed by atoms with Crippen LogP contribution in [0.1, 0.15) is 0 Å². The van der Waals surface area contributed by atoms with Crippen LogP contribution in [0.25, 0.3) is 0 Å². The molecule has 0 heterocycles. The molecule has 0 unspecified atom stereocenters. The van der Waals surface area contributed by atoms with E-state index in [4.69, 9.17) is 0 Å². The summed E-state index contributed by atoms with van der Waals surface area (Å²) >= 11 is 0. The monoisotopic (exact) mass is 257 g/mol. The summed E-state index contributed by atoms with van der Waals surface area (Å²) in [6.45, 7) is 0. The maximum absolute atomic E-state index is 0. The van der Waals surface area contributed by atoms with E-state index >= 15 is 0 Å². The molecule has 0 aliphatic heterocycles. The van der Waals surface area contributed by atoms with Crippen molar-refractivity contribution in [2.45, 2.75) is 0 Å². The Morgan fingerprint density at radius 3 is 0.286 bits per heavy atom. The summed E-state index contributed by atoms with van der Waals surface area (Å²) in [4.78, 5) is 0. The van der Waals surface area contributed by atoms with Gasteiger partial charge in [-0.25, -0.2) is 0 Å². The van der Waals surface area contributed by atoms with E-state index in [0.717, 1.165) is 0 Å². The topological polar surface area (TPSA) is 0 Å². The number of hydrogen-bond donors (Lipinski definition) is 0. The molecule has 7 heavy (non-hydrogen) atoms. The molecule has 0 nitrogen and oxygen atoms in total. The molecule has 0 bridgehead atoms. The summed E-state index contributed by atoms with van der Waals surface area (Å²) < 4.78 is 0. The molecule has 0 saturated carbocycles. The fourth-order valence-corrected chi connectivity index (χ4v) is 0. The first-order chi connectivity index (χ1) is 0. The van der Waals surface area contributed by atoms with Crippen molar-refractivity contribution in [1.29, 1.82) is 0 Å². The van der Waals surface area contributed by atoms with E-state index in [1.807, 2.05) is 0 Å². The largest absolute Gasteiger partial charge is 0.813 e. The van der Waals surface area contributed by atoms with E-state index in [2.05, 4.69) is 0 Å². The predicted octanol–water partition coefficient (Wildman–Crippen LogP) is -1.62. The van der Waals surface area contributed by atoms with Crippen LogP contribution in [0.5, 0.6) is 0 Å². The van der Waals surface area contributed by atoms with Crippen molar-refractivity contribution in [2.75, 3.05) is 0 Å². The predicted molar refractivity (Wildman–Crippen MR) is 52.6 cm³/mol. The van der Waals surface area contributed by atoms with Crippen molar-refractivity contribution < 1.29 is 16.8 Å². The third kappa shape index (κ3) is 55.3. The van der Waals surface area contributed by atoms with Crippen LogP contribution in [-0.4, -0.2) is 0 Å². The van der Waals surface area contributed by atoms with E-state index in [1.165, 1.54) is 0 Å². The molecule has 0 rings (SSSR count). The molecule has 0 aliphatic carbocycles. The average Bonchev–Trinajstić information content (AvgIpc) is 0. The molecule has 0 atom stereocenters. The van der Waals surface area contributed by atoms with Crippen LogP contribution in [0.2, 0.25) is 0 Å². The van der Waals surface area contributed by atoms with Gasteiger partial charge in [0.05, 0.1) is 0 Å². The smallest absolute Gasteiger partial charge is 0 e. The van der Waals surface area contributed by atoms with Crippen molar-refractivity contribution in [2.24, 2.45) is 0 Å². The first kappa shape index (κ1) is 105. The van der Waals surface area contributed by atoms with Gasteiger partial charge in [0.2, 0.25) is 0 Å². The van der Waals surface area contributed by atoms with Gasteiger partial charge in [0.15, 0.2) is 0 Å². The summed E-state index contributed by atoms with van der Waals surface area (Å²) in [5.41, 5.74) is 0. The number of rotatable bonds is 0. The van der Waals surface area contributed by atoms with E-state index in [0.29, 0.717) is 0 Å². The van der Waals surface area contributed by atoms with Gasteiger partial charge < -0.3 is 81.0 Å². The minimum Gasteiger partial charge on any atom is -0.813 e. The van der Waals surface area contributed by atoms with Crippen LogP contribution >= 0.6 is 0 Å². The Kier molecular flexibility index (Phi) is 1100. The zero-order valence-electron chi connectivity index (χ0n) is 3.02. The second-order valence-corrected chi connectivity index (χ2v) is 0. The third-order valence-electron chi connectivity index (χ3n) is 0. The van der Waals surface area contributed by atoms with Crippen molar-refractivity contribution in [1.82, 2.24) is 0 Å². The van der Waals surface area contributed by atoms with Gasteiger partial charge in [0, 0.05) is 16.8 Å². The summed E-state index contributed by atoms with van der Waals surface area (Å²) in [5, 5.41) is 0. The molecule has 0 amide bonds. The van der Waals surface area contributed by atoms with Gasteiger partial charge in [-0.1, -0.05) is 0 Å². The SMILES string of the molecule is [Co].[SH-].[SH-].[SH-].[SH-].[SH-].[SH-]. The van der Waals surface area contributed by atoms with Gasteiger partial charge in [0.25, 0.3) is 0 Å². The van der Waals surface area contributed by atoms with Crippen LogP contribution in [0.4, 0.5) is 0 Å². The zero-order chi connectivity index (χ0) is 0. The normalized spacial score (nSPS) is 0. The maximum Gasteiger partial charge on any atom is 0 e. The molecule has 7 heteroatoms. The van der Waals surface area contributed by atoms with Gasteiger partial charge in [-0.05, 0) is 0 Å². The Morgan fingerprint density at radius 2 is 0.286 bits per heavy atom. The minimum absolute atomic E-state index is 0.